The third-order valence-electron chi connectivity index (χ3n) is 2.25. The minimum absolute atomic E-state index is 0.0249. The summed E-state index contributed by atoms with van der Waals surface area (Å²) in [4.78, 5) is 24.8. The summed E-state index contributed by atoms with van der Waals surface area (Å²) in [7, 11) is 0. The number of anilines is 1. The van der Waals surface area contributed by atoms with Crippen molar-refractivity contribution < 1.29 is 4.52 Å². The van der Waals surface area contributed by atoms with Crippen LogP contribution >= 0.6 is 0 Å². The van der Waals surface area contributed by atoms with Gasteiger partial charge in [-0.1, -0.05) is 5.16 Å². The Morgan fingerprint density at radius 1 is 1.35 bits per heavy atom. The Labute approximate surface area is 93.9 Å². The van der Waals surface area contributed by atoms with Crippen molar-refractivity contribution in [3.63, 3.8) is 0 Å². The van der Waals surface area contributed by atoms with E-state index >= 15 is 0 Å². The second-order valence-electron chi connectivity index (χ2n) is 3.56. The van der Waals surface area contributed by atoms with Crippen LogP contribution in [0, 0.1) is 6.92 Å². The van der Waals surface area contributed by atoms with Crippen molar-refractivity contribution in [2.45, 2.75) is 6.92 Å². The van der Waals surface area contributed by atoms with Crippen molar-refractivity contribution >= 4 is 17.1 Å². The van der Waals surface area contributed by atoms with Crippen LogP contribution in [0.1, 0.15) is 5.76 Å². The summed E-state index contributed by atoms with van der Waals surface area (Å²) in [6, 6.07) is 1.70. The number of hydrogen-bond acceptors (Lipinski definition) is 6. The first kappa shape index (κ1) is 9.58. The van der Waals surface area contributed by atoms with Gasteiger partial charge in [0, 0.05) is 6.07 Å². The van der Waals surface area contributed by atoms with E-state index in [1.165, 1.54) is 0 Å². The number of aromatic nitrogens is 5. The molecule has 8 heteroatoms. The van der Waals surface area contributed by atoms with Crippen LogP contribution in [0.5, 0.6) is 0 Å². The summed E-state index contributed by atoms with van der Waals surface area (Å²) < 4.78 is 4.93. The molecule has 0 aromatic carbocycles. The van der Waals surface area contributed by atoms with Crippen LogP contribution in [0.15, 0.2) is 15.4 Å². The number of hydrogen-bond donors (Lipinski definition) is 3. The summed E-state index contributed by atoms with van der Waals surface area (Å²) >= 11 is 0. The number of aromatic amines is 2. The van der Waals surface area contributed by atoms with E-state index in [-0.39, 0.29) is 22.7 Å². The Balaban J connectivity index is 2.27. The molecule has 0 saturated heterocycles. The van der Waals surface area contributed by atoms with E-state index in [1.807, 2.05) is 0 Å². The van der Waals surface area contributed by atoms with E-state index in [9.17, 15) is 4.79 Å². The standard InChI is InChI=1S/C9H8N6O2/c1-3-2-4(15-17-3)6-11-5-7(12-6)13-9(10)14-8(5)16/h2H,1H3,(H4,10,11,12,13,14,16). The molecule has 3 heterocycles. The molecule has 0 aliphatic heterocycles. The van der Waals surface area contributed by atoms with Gasteiger partial charge in [-0.2, -0.15) is 4.98 Å². The van der Waals surface area contributed by atoms with Crippen molar-refractivity contribution in [3.05, 3.63) is 22.2 Å². The maximum absolute atomic E-state index is 11.6. The fourth-order valence-corrected chi connectivity index (χ4v) is 1.52. The van der Waals surface area contributed by atoms with Gasteiger partial charge in [0.1, 0.15) is 11.5 Å². The quantitative estimate of drug-likeness (QED) is 0.549. The number of H-pyrrole nitrogens is 2. The van der Waals surface area contributed by atoms with E-state index in [0.29, 0.717) is 17.3 Å². The molecular formula is C9H8N6O2. The van der Waals surface area contributed by atoms with Crippen molar-refractivity contribution in [1.29, 1.82) is 0 Å². The molecule has 8 nitrogen and oxygen atoms in total. The molecule has 0 aliphatic rings. The van der Waals surface area contributed by atoms with E-state index in [0.717, 1.165) is 0 Å². The van der Waals surface area contributed by atoms with E-state index in [1.54, 1.807) is 13.0 Å². The first-order chi connectivity index (χ1) is 8.13. The molecule has 3 aromatic heterocycles. The lowest BCUT2D eigenvalue weighted by Gasteiger charge is -1.89. The molecular weight excluding hydrogens is 224 g/mol. The van der Waals surface area contributed by atoms with E-state index in [4.69, 9.17) is 10.3 Å². The van der Waals surface area contributed by atoms with Gasteiger partial charge in [0.25, 0.3) is 5.56 Å². The van der Waals surface area contributed by atoms with Gasteiger partial charge in [0.2, 0.25) is 5.95 Å². The average Bonchev–Trinajstić information content (AvgIpc) is 2.83. The van der Waals surface area contributed by atoms with Crippen molar-refractivity contribution in [2.75, 3.05) is 5.73 Å². The smallest absolute Gasteiger partial charge is 0.278 e. The number of nitrogens with two attached hydrogens (primary N) is 1. The Bertz CT molecular complexity index is 752. The highest BCUT2D eigenvalue weighted by Gasteiger charge is 2.12. The van der Waals surface area contributed by atoms with Crippen molar-refractivity contribution in [3.8, 4) is 11.5 Å². The Morgan fingerprint density at radius 3 is 2.88 bits per heavy atom. The van der Waals surface area contributed by atoms with Crippen molar-refractivity contribution in [1.82, 2.24) is 25.1 Å². The molecule has 0 spiro atoms. The van der Waals surface area contributed by atoms with Crippen LogP contribution in [-0.2, 0) is 0 Å². The molecule has 3 aromatic rings. The van der Waals surface area contributed by atoms with E-state index < -0.39 is 0 Å². The summed E-state index contributed by atoms with van der Waals surface area (Å²) in [6.45, 7) is 1.77. The molecule has 0 bridgehead atoms. The molecule has 0 saturated carbocycles. The van der Waals surface area contributed by atoms with Crippen LogP contribution in [0.2, 0.25) is 0 Å². The first-order valence-electron chi connectivity index (χ1n) is 4.82. The monoisotopic (exact) mass is 232 g/mol. The average molecular weight is 232 g/mol. The van der Waals surface area contributed by atoms with Crippen molar-refractivity contribution in [2.24, 2.45) is 0 Å². The van der Waals surface area contributed by atoms with Gasteiger partial charge in [0.05, 0.1) is 0 Å². The lowest BCUT2D eigenvalue weighted by molar-refractivity contribution is 0.399. The first-order valence-corrected chi connectivity index (χ1v) is 4.82. The highest BCUT2D eigenvalue weighted by Crippen LogP contribution is 2.17. The number of imidazole rings is 1. The largest absolute Gasteiger partial charge is 0.369 e. The highest BCUT2D eigenvalue weighted by molar-refractivity contribution is 5.74. The second kappa shape index (κ2) is 3.17. The lowest BCUT2D eigenvalue weighted by atomic mass is 10.4. The molecule has 86 valence electrons. The maximum atomic E-state index is 11.6. The highest BCUT2D eigenvalue weighted by atomic mass is 16.5. The van der Waals surface area contributed by atoms with Crippen LogP contribution in [-0.4, -0.2) is 25.1 Å². The predicted octanol–water partition coefficient (Wildman–Crippen LogP) is 0.192. The molecule has 17 heavy (non-hydrogen) atoms. The maximum Gasteiger partial charge on any atom is 0.278 e. The number of nitrogens with one attached hydrogen (secondary N) is 2. The molecule has 0 amide bonds. The van der Waals surface area contributed by atoms with Crippen LogP contribution in [0.4, 0.5) is 5.95 Å². The zero-order valence-corrected chi connectivity index (χ0v) is 8.81. The molecule has 0 atom stereocenters. The number of nitrogen functional groups attached to an aromatic ring is 1. The molecule has 3 rings (SSSR count). The Morgan fingerprint density at radius 2 is 2.18 bits per heavy atom. The topological polar surface area (TPSA) is 126 Å². The van der Waals surface area contributed by atoms with Gasteiger partial charge >= 0.3 is 0 Å². The van der Waals surface area contributed by atoms with Gasteiger partial charge < -0.3 is 15.2 Å². The molecule has 0 unspecified atom stereocenters. The number of fused-ring (bicyclic) bond motifs is 1. The number of rotatable bonds is 1. The van der Waals surface area contributed by atoms with Gasteiger partial charge in [-0.25, -0.2) is 4.98 Å². The van der Waals surface area contributed by atoms with Gasteiger partial charge in [0.15, 0.2) is 17.0 Å². The third kappa shape index (κ3) is 1.46. The fourth-order valence-electron chi connectivity index (χ4n) is 1.52. The predicted molar refractivity (Wildman–Crippen MR) is 59.2 cm³/mol. The summed E-state index contributed by atoms with van der Waals surface area (Å²) in [5.41, 5.74) is 6.08. The van der Waals surface area contributed by atoms with Gasteiger partial charge in [-0.15, -0.1) is 0 Å². The number of aryl methyl sites for hydroxylation is 1. The zero-order valence-electron chi connectivity index (χ0n) is 8.81. The Hall–Kier alpha value is -2.64. The minimum atomic E-state index is -0.369. The summed E-state index contributed by atoms with van der Waals surface area (Å²) in [6.07, 6.45) is 0. The second-order valence-corrected chi connectivity index (χ2v) is 3.56. The molecule has 0 aliphatic carbocycles. The normalized spacial score (nSPS) is 11.1. The summed E-state index contributed by atoms with van der Waals surface area (Å²) in [5.74, 6) is 1.10. The van der Waals surface area contributed by atoms with E-state index in [2.05, 4.69) is 25.1 Å². The molecule has 0 fully saturated rings. The third-order valence-corrected chi connectivity index (χ3v) is 2.25. The lowest BCUT2D eigenvalue weighted by Crippen LogP contribution is -2.10. The SMILES string of the molecule is Cc1cc(-c2nc3nc(N)[nH]c(=O)c3[nH]2)no1. The molecule has 4 N–H and O–H groups in total. The van der Waals surface area contributed by atoms with Crippen LogP contribution < -0.4 is 11.3 Å². The van der Waals surface area contributed by atoms with Gasteiger partial charge in [-0.3, -0.25) is 9.78 Å². The molecule has 0 radical (unpaired) electrons. The van der Waals surface area contributed by atoms with Gasteiger partial charge in [-0.05, 0) is 6.92 Å². The summed E-state index contributed by atoms with van der Waals surface area (Å²) in [5, 5.41) is 3.79. The fraction of sp³-hybridized carbons (Fsp3) is 0.111. The number of nitrogens with zero attached hydrogens (tertiary/aromatic N) is 3. The Kier molecular flexibility index (Phi) is 1.79. The zero-order chi connectivity index (χ0) is 12.0. The minimum Gasteiger partial charge on any atom is -0.369 e. The van der Waals surface area contributed by atoms with Crippen LogP contribution in [0.3, 0.4) is 0 Å². The van der Waals surface area contributed by atoms with Crippen LogP contribution in [0.25, 0.3) is 22.7 Å².